The molecule has 0 aliphatic carbocycles. The van der Waals surface area contributed by atoms with Gasteiger partial charge in [-0.1, -0.05) is 19.6 Å². The second kappa shape index (κ2) is 8.91. The Labute approximate surface area is 191 Å². The molecule has 4 rings (SSSR count). The molecule has 1 amide bonds. The Morgan fingerprint density at radius 2 is 1.94 bits per heavy atom. The van der Waals surface area contributed by atoms with Gasteiger partial charge in [0.15, 0.2) is 0 Å². The number of H-pyrrole nitrogens is 1. The Hall–Kier alpha value is -3.30. The number of carbonyl (C=O) groups excluding carboxylic acids is 1. The van der Waals surface area contributed by atoms with Crippen molar-refractivity contribution >= 4 is 25.0 Å². The fourth-order valence-corrected chi connectivity index (χ4v) is 4.54. The highest BCUT2D eigenvalue weighted by molar-refractivity contribution is 6.76. The molecule has 0 aliphatic heterocycles. The molecule has 0 atom stereocenters. The summed E-state index contributed by atoms with van der Waals surface area (Å²) in [6, 6.07) is 9.53. The van der Waals surface area contributed by atoms with Crippen molar-refractivity contribution in [3.63, 3.8) is 0 Å². The van der Waals surface area contributed by atoms with E-state index in [0.717, 1.165) is 29.1 Å². The van der Waals surface area contributed by atoms with Crippen molar-refractivity contribution in [3.05, 3.63) is 66.0 Å². The third kappa shape index (κ3) is 4.74. The SMILES string of the molecule is C[Si](C)(C)CCOCn1c(-c2ccnc3[nH]ccc23)cc(C(N)=O)c1-c1ccc(F)cc1F. The Morgan fingerprint density at radius 1 is 1.15 bits per heavy atom. The Balaban J connectivity index is 1.90. The van der Waals surface area contributed by atoms with E-state index in [2.05, 4.69) is 29.6 Å². The van der Waals surface area contributed by atoms with E-state index in [1.807, 2.05) is 12.1 Å². The molecule has 0 aliphatic rings. The van der Waals surface area contributed by atoms with Gasteiger partial charge in [-0.05, 0) is 36.4 Å². The normalized spacial score (nSPS) is 11.9. The lowest BCUT2D eigenvalue weighted by molar-refractivity contribution is 0.0893. The first-order valence-corrected chi connectivity index (χ1v) is 14.4. The van der Waals surface area contributed by atoms with Gasteiger partial charge in [0.1, 0.15) is 24.0 Å². The van der Waals surface area contributed by atoms with Gasteiger partial charge in [0, 0.05) is 49.7 Å². The average Bonchev–Trinajstić information content (AvgIpc) is 3.35. The third-order valence-corrected chi connectivity index (χ3v) is 7.21. The second-order valence-corrected chi connectivity index (χ2v) is 14.8. The van der Waals surface area contributed by atoms with Crippen LogP contribution in [0.5, 0.6) is 0 Å². The number of nitrogens with one attached hydrogen (secondary N) is 1. The smallest absolute Gasteiger partial charge is 0.250 e. The van der Waals surface area contributed by atoms with E-state index in [4.69, 9.17) is 10.5 Å². The molecule has 3 heterocycles. The molecule has 0 unspecified atom stereocenters. The van der Waals surface area contributed by atoms with Crippen LogP contribution in [-0.4, -0.2) is 35.1 Å². The van der Waals surface area contributed by atoms with Crippen LogP contribution in [0.3, 0.4) is 0 Å². The van der Waals surface area contributed by atoms with Crippen molar-refractivity contribution in [2.24, 2.45) is 5.73 Å². The predicted octanol–water partition coefficient (Wildman–Crippen LogP) is 5.39. The first-order chi connectivity index (χ1) is 15.7. The van der Waals surface area contributed by atoms with E-state index in [1.54, 1.807) is 23.0 Å². The quantitative estimate of drug-likeness (QED) is 0.269. The number of fused-ring (bicyclic) bond motifs is 1. The number of aromatic amines is 1. The highest BCUT2D eigenvalue weighted by atomic mass is 28.3. The molecule has 0 fully saturated rings. The van der Waals surface area contributed by atoms with Gasteiger partial charge in [-0.25, -0.2) is 13.8 Å². The summed E-state index contributed by atoms with van der Waals surface area (Å²) in [5.41, 5.74) is 8.24. The van der Waals surface area contributed by atoms with Crippen molar-refractivity contribution in [2.75, 3.05) is 6.61 Å². The minimum Gasteiger partial charge on any atom is -0.366 e. The number of ether oxygens (including phenoxy) is 1. The molecule has 0 saturated carbocycles. The zero-order valence-corrected chi connectivity index (χ0v) is 19.8. The molecule has 172 valence electrons. The fourth-order valence-electron chi connectivity index (χ4n) is 3.78. The van der Waals surface area contributed by atoms with Gasteiger partial charge >= 0.3 is 0 Å². The number of hydrogen-bond donors (Lipinski definition) is 2. The molecule has 6 nitrogen and oxygen atoms in total. The second-order valence-electron chi connectivity index (χ2n) is 9.15. The number of nitrogens with two attached hydrogens (primary N) is 1. The molecule has 3 N–H and O–H groups in total. The molecule has 0 saturated heterocycles. The minimum atomic E-state index is -1.33. The van der Waals surface area contributed by atoms with Crippen LogP contribution in [0.2, 0.25) is 25.7 Å². The summed E-state index contributed by atoms with van der Waals surface area (Å²) in [5, 5.41) is 0.834. The zero-order valence-electron chi connectivity index (χ0n) is 18.8. The molecular weight excluding hydrogens is 442 g/mol. The van der Waals surface area contributed by atoms with Crippen molar-refractivity contribution in [3.8, 4) is 22.5 Å². The monoisotopic (exact) mass is 468 g/mol. The topological polar surface area (TPSA) is 85.9 Å². The van der Waals surface area contributed by atoms with Crippen molar-refractivity contribution < 1.29 is 18.3 Å². The summed E-state index contributed by atoms with van der Waals surface area (Å²) in [7, 11) is -1.33. The maximum atomic E-state index is 14.9. The van der Waals surface area contributed by atoms with E-state index < -0.39 is 25.6 Å². The van der Waals surface area contributed by atoms with Crippen LogP contribution in [0.15, 0.2) is 48.8 Å². The van der Waals surface area contributed by atoms with Crippen LogP contribution >= 0.6 is 0 Å². The van der Waals surface area contributed by atoms with Gasteiger partial charge in [0.05, 0.1) is 17.0 Å². The highest BCUT2D eigenvalue weighted by Gasteiger charge is 2.25. The maximum Gasteiger partial charge on any atom is 0.250 e. The van der Waals surface area contributed by atoms with Crippen LogP contribution in [0.1, 0.15) is 10.4 Å². The fraction of sp³-hybridized carbons (Fsp3) is 0.250. The van der Waals surface area contributed by atoms with Crippen LogP contribution in [0, 0.1) is 11.6 Å². The lowest BCUT2D eigenvalue weighted by atomic mass is 10.1. The first kappa shape index (κ1) is 22.9. The number of primary amides is 1. The van der Waals surface area contributed by atoms with Crippen LogP contribution in [0.25, 0.3) is 33.5 Å². The van der Waals surface area contributed by atoms with E-state index in [1.165, 1.54) is 6.07 Å². The number of benzene rings is 1. The highest BCUT2D eigenvalue weighted by Crippen LogP contribution is 2.37. The summed E-state index contributed by atoms with van der Waals surface area (Å²) in [5.74, 6) is -2.20. The molecular formula is C24H26F2N4O2Si. The standard InChI is InChI=1S/C24H26F2N4O2Si/c1-33(2,3)11-10-32-14-30-21(16-6-8-28-24-17(16)7-9-29-24)13-19(23(27)31)22(30)18-5-4-15(25)12-20(18)26/h4-9,12-13H,10-11,14H2,1-3H3,(H2,27,31)(H,28,29). The molecule has 4 aromatic rings. The van der Waals surface area contributed by atoms with Crippen LogP contribution in [0.4, 0.5) is 8.78 Å². The van der Waals surface area contributed by atoms with E-state index in [9.17, 15) is 13.6 Å². The summed E-state index contributed by atoms with van der Waals surface area (Å²) >= 11 is 0. The molecule has 0 radical (unpaired) electrons. The summed E-state index contributed by atoms with van der Waals surface area (Å²) < 4.78 is 36.2. The number of nitrogens with zero attached hydrogens (tertiary/aromatic N) is 2. The van der Waals surface area contributed by atoms with E-state index in [0.29, 0.717) is 17.9 Å². The summed E-state index contributed by atoms with van der Waals surface area (Å²) in [6.45, 7) is 7.36. The minimum absolute atomic E-state index is 0.0737. The van der Waals surface area contributed by atoms with Crippen molar-refractivity contribution in [1.29, 1.82) is 0 Å². The maximum absolute atomic E-state index is 14.9. The third-order valence-electron chi connectivity index (χ3n) is 5.50. The Bertz CT molecular complexity index is 1320. The van der Waals surface area contributed by atoms with Gasteiger partial charge < -0.3 is 20.0 Å². The summed E-state index contributed by atoms with van der Waals surface area (Å²) in [6.07, 6.45) is 3.42. The molecule has 3 aromatic heterocycles. The molecule has 0 bridgehead atoms. The van der Waals surface area contributed by atoms with E-state index in [-0.39, 0.29) is 23.6 Å². The molecule has 9 heteroatoms. The summed E-state index contributed by atoms with van der Waals surface area (Å²) in [4.78, 5) is 19.8. The van der Waals surface area contributed by atoms with Gasteiger partial charge in [-0.15, -0.1) is 0 Å². The number of aromatic nitrogens is 3. The van der Waals surface area contributed by atoms with Crippen molar-refractivity contribution in [1.82, 2.24) is 14.5 Å². The molecule has 1 aromatic carbocycles. The number of amides is 1. The number of carbonyl (C=O) groups is 1. The number of halogens is 2. The molecule has 0 spiro atoms. The predicted molar refractivity (Wildman–Crippen MR) is 127 cm³/mol. The van der Waals surface area contributed by atoms with Gasteiger partial charge in [-0.3, -0.25) is 4.79 Å². The molecule has 33 heavy (non-hydrogen) atoms. The number of pyridine rings is 1. The average molecular weight is 469 g/mol. The largest absolute Gasteiger partial charge is 0.366 e. The Kier molecular flexibility index (Phi) is 6.18. The van der Waals surface area contributed by atoms with Gasteiger partial charge in [-0.2, -0.15) is 0 Å². The Morgan fingerprint density at radius 3 is 2.64 bits per heavy atom. The first-order valence-electron chi connectivity index (χ1n) is 10.6. The van der Waals surface area contributed by atoms with Crippen molar-refractivity contribution in [2.45, 2.75) is 32.4 Å². The van der Waals surface area contributed by atoms with Gasteiger partial charge in [0.2, 0.25) is 0 Å². The number of hydrogen-bond acceptors (Lipinski definition) is 3. The zero-order chi connectivity index (χ0) is 23.8. The number of rotatable bonds is 8. The van der Waals surface area contributed by atoms with E-state index >= 15 is 0 Å². The van der Waals surface area contributed by atoms with Crippen LogP contribution in [-0.2, 0) is 11.5 Å². The van der Waals surface area contributed by atoms with Gasteiger partial charge in [0.25, 0.3) is 5.91 Å². The van der Waals surface area contributed by atoms with Crippen LogP contribution < -0.4 is 5.73 Å². The lowest BCUT2D eigenvalue weighted by Gasteiger charge is -2.18. The lowest BCUT2D eigenvalue weighted by Crippen LogP contribution is -2.22.